The molecule has 1 aromatic carbocycles. The van der Waals surface area contributed by atoms with Crippen LogP contribution in [0.3, 0.4) is 0 Å². The zero-order valence-electron chi connectivity index (χ0n) is 16.4. The molecule has 0 saturated carbocycles. The number of benzene rings is 1. The number of anilines is 1. The molecule has 6 nitrogen and oxygen atoms in total. The van der Waals surface area contributed by atoms with Crippen LogP contribution in [-0.2, 0) is 0 Å². The van der Waals surface area contributed by atoms with E-state index in [9.17, 15) is 9.18 Å². The van der Waals surface area contributed by atoms with E-state index in [4.69, 9.17) is 0 Å². The van der Waals surface area contributed by atoms with Crippen molar-refractivity contribution in [2.45, 2.75) is 19.9 Å². The van der Waals surface area contributed by atoms with E-state index in [1.165, 1.54) is 11.3 Å². The molecule has 0 aliphatic carbocycles. The number of thiophene rings is 1. The van der Waals surface area contributed by atoms with Crippen molar-refractivity contribution in [1.82, 2.24) is 20.3 Å². The number of carbonyl (C=O) groups is 1. The van der Waals surface area contributed by atoms with Crippen LogP contribution in [0.4, 0.5) is 10.1 Å². The van der Waals surface area contributed by atoms with E-state index in [1.807, 2.05) is 32.0 Å². The third kappa shape index (κ3) is 3.00. The lowest BCUT2D eigenvalue weighted by molar-refractivity contribution is 0.0949. The van der Waals surface area contributed by atoms with Crippen molar-refractivity contribution in [3.05, 3.63) is 53.1 Å². The van der Waals surface area contributed by atoms with Gasteiger partial charge in [0, 0.05) is 28.1 Å². The third-order valence-electron chi connectivity index (χ3n) is 5.01. The van der Waals surface area contributed by atoms with Gasteiger partial charge in [0.15, 0.2) is 11.6 Å². The summed E-state index contributed by atoms with van der Waals surface area (Å²) in [6.07, 6.45) is 4.68. The Morgan fingerprint density at radius 3 is 2.93 bits per heavy atom. The Labute approximate surface area is 175 Å². The molecular weight excluding hydrogens is 401 g/mol. The van der Waals surface area contributed by atoms with Gasteiger partial charge in [0.1, 0.15) is 10.6 Å². The molecule has 4 aromatic rings. The zero-order valence-corrected chi connectivity index (χ0v) is 17.2. The summed E-state index contributed by atoms with van der Waals surface area (Å²) in [4.78, 5) is 26.2. The van der Waals surface area contributed by atoms with Crippen molar-refractivity contribution in [2.24, 2.45) is 0 Å². The fraction of sp³-hybridized carbons (Fsp3) is 0.182. The molecule has 1 amide bonds. The molecule has 0 fully saturated rings. The lowest BCUT2D eigenvalue weighted by Crippen LogP contribution is -2.34. The fourth-order valence-corrected chi connectivity index (χ4v) is 4.75. The Hall–Kier alpha value is -3.39. The predicted octanol–water partition coefficient (Wildman–Crippen LogP) is 4.62. The molecular formula is C22H18FN5OS. The second kappa shape index (κ2) is 7.14. The number of allylic oxidation sites excluding steroid dienone is 1. The van der Waals surface area contributed by atoms with E-state index in [-0.39, 0.29) is 17.6 Å². The van der Waals surface area contributed by atoms with Gasteiger partial charge in [-0.3, -0.25) is 4.79 Å². The average molecular weight is 419 g/mol. The van der Waals surface area contributed by atoms with Gasteiger partial charge in [-0.1, -0.05) is 6.08 Å². The van der Waals surface area contributed by atoms with Crippen LogP contribution in [-0.4, -0.2) is 33.4 Å². The van der Waals surface area contributed by atoms with Crippen LogP contribution in [0.2, 0.25) is 0 Å². The number of hydrogen-bond donors (Lipinski definition) is 2. The maximum Gasteiger partial charge on any atom is 0.263 e. The van der Waals surface area contributed by atoms with E-state index in [2.05, 4.69) is 25.6 Å². The lowest BCUT2D eigenvalue weighted by atomic mass is 10.1. The Morgan fingerprint density at radius 1 is 1.23 bits per heavy atom. The monoisotopic (exact) mass is 419 g/mol. The average Bonchev–Trinajstić information content (AvgIpc) is 3.06. The van der Waals surface area contributed by atoms with Crippen molar-refractivity contribution in [3.8, 4) is 11.4 Å². The largest absolute Gasteiger partial charge is 0.381 e. The zero-order chi connectivity index (χ0) is 20.8. The minimum absolute atomic E-state index is 0.0407. The molecule has 150 valence electrons. The van der Waals surface area contributed by atoms with Crippen molar-refractivity contribution >= 4 is 50.0 Å². The molecule has 5 rings (SSSR count). The number of amides is 1. The van der Waals surface area contributed by atoms with Crippen molar-refractivity contribution in [1.29, 1.82) is 0 Å². The molecule has 1 aliphatic heterocycles. The van der Waals surface area contributed by atoms with Crippen molar-refractivity contribution in [2.75, 3.05) is 11.9 Å². The van der Waals surface area contributed by atoms with Gasteiger partial charge in [-0.15, -0.1) is 11.3 Å². The smallest absolute Gasteiger partial charge is 0.263 e. The summed E-state index contributed by atoms with van der Waals surface area (Å²) in [5.41, 5.74) is 2.15. The van der Waals surface area contributed by atoms with Gasteiger partial charge in [0.05, 0.1) is 23.1 Å². The molecule has 0 saturated heterocycles. The van der Waals surface area contributed by atoms with E-state index in [1.54, 1.807) is 18.2 Å². The second-order valence-electron chi connectivity index (χ2n) is 7.19. The second-order valence-corrected chi connectivity index (χ2v) is 8.24. The molecule has 8 heteroatoms. The maximum atomic E-state index is 14.4. The third-order valence-corrected chi connectivity index (χ3v) is 6.17. The van der Waals surface area contributed by atoms with Crippen LogP contribution in [0, 0.1) is 5.82 Å². The highest BCUT2D eigenvalue weighted by Gasteiger charge is 2.25. The first kappa shape index (κ1) is 18.6. The fourth-order valence-electron chi connectivity index (χ4n) is 3.65. The molecule has 0 radical (unpaired) electrons. The number of hydrogen-bond acceptors (Lipinski definition) is 6. The Bertz CT molecular complexity index is 1350. The summed E-state index contributed by atoms with van der Waals surface area (Å²) in [5.74, 6) is -0.160. The van der Waals surface area contributed by atoms with Gasteiger partial charge in [-0.25, -0.2) is 19.3 Å². The van der Waals surface area contributed by atoms with E-state index in [0.717, 1.165) is 27.4 Å². The van der Waals surface area contributed by atoms with Gasteiger partial charge in [0.25, 0.3) is 5.91 Å². The molecule has 30 heavy (non-hydrogen) atoms. The normalized spacial score (nSPS) is 16.5. The molecule has 1 aliphatic rings. The molecule has 0 bridgehead atoms. The first-order chi connectivity index (χ1) is 14.5. The summed E-state index contributed by atoms with van der Waals surface area (Å²) < 4.78 is 15.4. The lowest BCUT2D eigenvalue weighted by Gasteiger charge is -2.10. The summed E-state index contributed by atoms with van der Waals surface area (Å²) in [6, 6.07) is 7.56. The van der Waals surface area contributed by atoms with Gasteiger partial charge in [-0.05, 0) is 44.2 Å². The van der Waals surface area contributed by atoms with Crippen molar-refractivity contribution in [3.63, 3.8) is 0 Å². The summed E-state index contributed by atoms with van der Waals surface area (Å²) in [5, 5.41) is 8.28. The van der Waals surface area contributed by atoms with Crippen LogP contribution in [0.15, 0.2) is 36.5 Å². The maximum absolute atomic E-state index is 14.4. The molecule has 4 heterocycles. The number of nitrogens with zero attached hydrogens (tertiary/aromatic N) is 3. The van der Waals surface area contributed by atoms with Gasteiger partial charge in [0.2, 0.25) is 0 Å². The standard InChI is InChI=1S/C22H18FN5OS/c1-3-4-17-24-10-13(23)19(28-17)15-6-5-12-14(27-15)7-8-16-18(12)20-21(30-16)22(29)26-11(2)9-25-20/h3-8,10-11,25H,9H2,1-2H3,(H,26,29). The molecule has 1 unspecified atom stereocenters. The SMILES string of the molecule is CC=Cc1ncc(F)c(-c2ccc3c(ccc4sc5c(c43)NCC(C)NC5=O)n2)n1. The minimum Gasteiger partial charge on any atom is -0.381 e. The highest BCUT2D eigenvalue weighted by Crippen LogP contribution is 2.41. The quantitative estimate of drug-likeness (QED) is 0.496. The van der Waals surface area contributed by atoms with Gasteiger partial charge < -0.3 is 10.6 Å². The number of nitrogens with one attached hydrogen (secondary N) is 2. The molecule has 1 atom stereocenters. The summed E-state index contributed by atoms with van der Waals surface area (Å²) >= 11 is 1.46. The van der Waals surface area contributed by atoms with Crippen LogP contribution < -0.4 is 10.6 Å². The highest BCUT2D eigenvalue weighted by molar-refractivity contribution is 7.21. The number of fused-ring (bicyclic) bond motifs is 5. The molecule has 2 N–H and O–H groups in total. The van der Waals surface area contributed by atoms with E-state index in [0.29, 0.717) is 28.5 Å². The van der Waals surface area contributed by atoms with Crippen LogP contribution >= 0.6 is 11.3 Å². The van der Waals surface area contributed by atoms with Crippen LogP contribution in [0.25, 0.3) is 38.5 Å². The van der Waals surface area contributed by atoms with Gasteiger partial charge in [-0.2, -0.15) is 0 Å². The topological polar surface area (TPSA) is 79.8 Å². The van der Waals surface area contributed by atoms with E-state index >= 15 is 0 Å². The molecule has 0 spiro atoms. The van der Waals surface area contributed by atoms with Crippen LogP contribution in [0.1, 0.15) is 29.3 Å². The Balaban J connectivity index is 1.70. The Kier molecular flexibility index (Phi) is 4.43. The van der Waals surface area contributed by atoms with Crippen LogP contribution in [0.5, 0.6) is 0 Å². The Morgan fingerprint density at radius 2 is 2.10 bits per heavy atom. The highest BCUT2D eigenvalue weighted by atomic mass is 32.1. The minimum atomic E-state index is -0.520. The first-order valence-corrected chi connectivity index (χ1v) is 10.4. The van der Waals surface area contributed by atoms with E-state index < -0.39 is 5.82 Å². The predicted molar refractivity (Wildman–Crippen MR) is 118 cm³/mol. The summed E-state index contributed by atoms with van der Waals surface area (Å²) in [6.45, 7) is 4.46. The number of pyridine rings is 1. The number of carbonyl (C=O) groups excluding carboxylic acids is 1. The number of rotatable bonds is 2. The number of aromatic nitrogens is 3. The summed E-state index contributed by atoms with van der Waals surface area (Å²) in [7, 11) is 0. The number of halogens is 1. The molecule has 3 aromatic heterocycles. The van der Waals surface area contributed by atoms with Gasteiger partial charge >= 0.3 is 0 Å². The first-order valence-electron chi connectivity index (χ1n) is 9.61. The van der Waals surface area contributed by atoms with Crippen molar-refractivity contribution < 1.29 is 9.18 Å².